The van der Waals surface area contributed by atoms with E-state index in [2.05, 4.69) is 16.0 Å². The topological polar surface area (TPSA) is 73.5 Å². The lowest BCUT2D eigenvalue weighted by molar-refractivity contribution is -0.137. The van der Waals surface area contributed by atoms with Crippen LogP contribution in [0.1, 0.15) is 31.7 Å². The number of nitrogens with zero attached hydrogens (tertiary/aromatic N) is 1. The maximum atomic E-state index is 13.2. The molecule has 6 nitrogen and oxygen atoms in total. The van der Waals surface area contributed by atoms with Crippen molar-refractivity contribution in [3.63, 3.8) is 0 Å². The maximum absolute atomic E-state index is 13.2. The summed E-state index contributed by atoms with van der Waals surface area (Å²) in [5.74, 6) is 0. The second-order valence-corrected chi connectivity index (χ2v) is 7.47. The van der Waals surface area contributed by atoms with E-state index in [0.717, 1.165) is 25.0 Å². The number of urea groups is 2. The van der Waals surface area contributed by atoms with Crippen molar-refractivity contribution in [3.8, 4) is 0 Å². The Hall–Kier alpha value is -2.94. The Labute approximate surface area is 190 Å². The molecule has 0 aliphatic carbocycles. The van der Waals surface area contributed by atoms with Gasteiger partial charge in [0.05, 0.1) is 5.56 Å². The van der Waals surface area contributed by atoms with Crippen molar-refractivity contribution in [1.29, 1.82) is 0 Å². The van der Waals surface area contributed by atoms with Gasteiger partial charge in [0.1, 0.15) is 0 Å². The number of amides is 4. The zero-order chi connectivity index (χ0) is 23.6. The molecule has 0 heterocycles. The predicted molar refractivity (Wildman–Crippen MR) is 120 cm³/mol. The number of benzene rings is 2. The van der Waals surface area contributed by atoms with Crippen LogP contribution in [-0.4, -0.2) is 31.7 Å². The standard InChI is InChI=1S/C22H26ClF3N4O2/c1-2-3-11-27-20(31)28-12-6-13-30(19-10-4-7-16(14-19)22(24,25)26)21(32)29-18-9-5-8-17(23)15-18/h4-5,7-10,14-15H,2-3,6,11-13H2,1H3,(H,29,32)(H2,27,28,31). The van der Waals surface area contributed by atoms with Crippen LogP contribution in [0.25, 0.3) is 0 Å². The molecule has 10 heteroatoms. The van der Waals surface area contributed by atoms with E-state index < -0.39 is 17.8 Å². The molecular weight excluding hydrogens is 445 g/mol. The fourth-order valence-electron chi connectivity index (χ4n) is 2.84. The van der Waals surface area contributed by atoms with Gasteiger partial charge in [0.15, 0.2) is 0 Å². The number of carbonyl (C=O) groups excluding carboxylic acids is 2. The van der Waals surface area contributed by atoms with Crippen LogP contribution in [0.4, 0.5) is 34.1 Å². The summed E-state index contributed by atoms with van der Waals surface area (Å²) in [5, 5.41) is 8.44. The highest BCUT2D eigenvalue weighted by molar-refractivity contribution is 6.30. The first-order chi connectivity index (χ1) is 15.2. The third-order valence-corrected chi connectivity index (χ3v) is 4.70. The van der Waals surface area contributed by atoms with E-state index in [0.29, 0.717) is 23.7 Å². The van der Waals surface area contributed by atoms with Gasteiger partial charge >= 0.3 is 18.2 Å². The summed E-state index contributed by atoms with van der Waals surface area (Å²) in [6.45, 7) is 2.90. The van der Waals surface area contributed by atoms with Crippen LogP contribution in [0.5, 0.6) is 0 Å². The van der Waals surface area contributed by atoms with Gasteiger partial charge in [-0.05, 0) is 49.2 Å². The number of nitrogens with one attached hydrogen (secondary N) is 3. The van der Waals surface area contributed by atoms with Crippen LogP contribution in [0, 0.1) is 0 Å². The van der Waals surface area contributed by atoms with E-state index in [-0.39, 0.29) is 24.8 Å². The molecule has 4 amide bonds. The molecule has 0 radical (unpaired) electrons. The second kappa shape index (κ2) is 12.2. The molecule has 2 rings (SSSR count). The third-order valence-electron chi connectivity index (χ3n) is 4.47. The molecule has 0 aromatic heterocycles. The third kappa shape index (κ3) is 8.30. The fraction of sp³-hybridized carbons (Fsp3) is 0.364. The highest BCUT2D eigenvalue weighted by Crippen LogP contribution is 2.32. The van der Waals surface area contributed by atoms with Crippen molar-refractivity contribution in [3.05, 3.63) is 59.1 Å². The molecule has 0 bridgehead atoms. The molecule has 2 aromatic rings. The van der Waals surface area contributed by atoms with Crippen LogP contribution in [0.2, 0.25) is 5.02 Å². The SMILES string of the molecule is CCCCNC(=O)NCCCN(C(=O)Nc1cccc(Cl)c1)c1cccc(C(F)(F)F)c1. The maximum Gasteiger partial charge on any atom is 0.416 e. The van der Waals surface area contributed by atoms with Crippen molar-refractivity contribution in [2.45, 2.75) is 32.4 Å². The first kappa shape index (κ1) is 25.3. The Morgan fingerprint density at radius 1 is 1.00 bits per heavy atom. The molecule has 0 saturated heterocycles. The van der Waals surface area contributed by atoms with Crippen molar-refractivity contribution < 1.29 is 22.8 Å². The normalized spacial score (nSPS) is 11.0. The summed E-state index contributed by atoms with van der Waals surface area (Å²) in [7, 11) is 0. The number of carbonyl (C=O) groups is 2. The smallest absolute Gasteiger partial charge is 0.338 e. The van der Waals surface area contributed by atoms with E-state index in [1.165, 1.54) is 23.1 Å². The second-order valence-electron chi connectivity index (χ2n) is 7.03. The molecule has 3 N–H and O–H groups in total. The summed E-state index contributed by atoms with van der Waals surface area (Å²) in [6.07, 6.45) is -2.39. The Morgan fingerprint density at radius 2 is 1.69 bits per heavy atom. The highest BCUT2D eigenvalue weighted by atomic mass is 35.5. The first-order valence-electron chi connectivity index (χ1n) is 10.2. The molecule has 32 heavy (non-hydrogen) atoms. The Bertz CT molecular complexity index is 909. The summed E-state index contributed by atoms with van der Waals surface area (Å²) in [4.78, 5) is 25.8. The summed E-state index contributed by atoms with van der Waals surface area (Å²) < 4.78 is 39.5. The van der Waals surface area contributed by atoms with Crippen molar-refractivity contribution >= 4 is 35.0 Å². The van der Waals surface area contributed by atoms with Gasteiger partial charge < -0.3 is 16.0 Å². The van der Waals surface area contributed by atoms with E-state index in [9.17, 15) is 22.8 Å². The minimum Gasteiger partial charge on any atom is -0.338 e. The summed E-state index contributed by atoms with van der Waals surface area (Å²) in [6, 6.07) is 10.0. The molecule has 174 valence electrons. The Balaban J connectivity index is 2.09. The molecule has 0 aliphatic rings. The van der Waals surface area contributed by atoms with Gasteiger partial charge in [0.2, 0.25) is 0 Å². The Kier molecular flexibility index (Phi) is 9.64. The first-order valence-corrected chi connectivity index (χ1v) is 10.6. The van der Waals surface area contributed by atoms with Crippen molar-refractivity contribution in [1.82, 2.24) is 10.6 Å². The van der Waals surface area contributed by atoms with Crippen molar-refractivity contribution in [2.24, 2.45) is 0 Å². The quantitative estimate of drug-likeness (QED) is 0.400. The average molecular weight is 471 g/mol. The van der Waals surface area contributed by atoms with Gasteiger partial charge in [-0.15, -0.1) is 0 Å². The summed E-state index contributed by atoms with van der Waals surface area (Å²) in [5.41, 5.74) is -0.358. The van der Waals surface area contributed by atoms with E-state index in [4.69, 9.17) is 11.6 Å². The van der Waals surface area contributed by atoms with Gasteiger partial charge in [-0.3, -0.25) is 4.90 Å². The molecule has 0 saturated carbocycles. The van der Waals surface area contributed by atoms with Gasteiger partial charge in [-0.25, -0.2) is 9.59 Å². The molecular formula is C22H26ClF3N4O2. The Morgan fingerprint density at radius 3 is 2.34 bits per heavy atom. The van der Waals surface area contributed by atoms with Gasteiger partial charge in [-0.2, -0.15) is 13.2 Å². The highest BCUT2D eigenvalue weighted by Gasteiger charge is 2.31. The number of rotatable bonds is 9. The largest absolute Gasteiger partial charge is 0.416 e. The van der Waals surface area contributed by atoms with Gasteiger partial charge in [-0.1, -0.05) is 37.1 Å². The predicted octanol–water partition coefficient (Wildman–Crippen LogP) is 5.89. The lowest BCUT2D eigenvalue weighted by Crippen LogP contribution is -2.40. The molecule has 0 atom stereocenters. The number of halogens is 4. The van der Waals surface area contributed by atoms with Crippen LogP contribution < -0.4 is 20.9 Å². The molecule has 0 spiro atoms. The summed E-state index contributed by atoms with van der Waals surface area (Å²) >= 11 is 5.94. The number of anilines is 2. The minimum atomic E-state index is -4.54. The van der Waals surface area contributed by atoms with E-state index >= 15 is 0 Å². The van der Waals surface area contributed by atoms with Gasteiger partial charge in [0, 0.05) is 36.0 Å². The molecule has 2 aromatic carbocycles. The lowest BCUT2D eigenvalue weighted by atomic mass is 10.1. The van der Waals surface area contributed by atoms with E-state index in [1.807, 2.05) is 6.92 Å². The minimum absolute atomic E-state index is 0.0863. The zero-order valence-corrected chi connectivity index (χ0v) is 18.4. The average Bonchev–Trinajstić information content (AvgIpc) is 2.73. The zero-order valence-electron chi connectivity index (χ0n) is 17.6. The van der Waals surface area contributed by atoms with Crippen LogP contribution >= 0.6 is 11.6 Å². The monoisotopic (exact) mass is 470 g/mol. The lowest BCUT2D eigenvalue weighted by Gasteiger charge is -2.24. The van der Waals surface area contributed by atoms with Gasteiger partial charge in [0.25, 0.3) is 0 Å². The fourth-order valence-corrected chi connectivity index (χ4v) is 3.03. The van der Waals surface area contributed by atoms with Crippen molar-refractivity contribution in [2.75, 3.05) is 29.9 Å². The van der Waals surface area contributed by atoms with E-state index in [1.54, 1.807) is 18.2 Å². The van der Waals surface area contributed by atoms with Crippen LogP contribution in [0.3, 0.4) is 0 Å². The number of hydrogen-bond acceptors (Lipinski definition) is 2. The number of hydrogen-bond donors (Lipinski definition) is 3. The number of unbranched alkanes of at least 4 members (excludes halogenated alkanes) is 1. The van der Waals surface area contributed by atoms with Crippen LogP contribution in [0.15, 0.2) is 48.5 Å². The molecule has 0 unspecified atom stereocenters. The molecule has 0 aliphatic heterocycles. The molecule has 0 fully saturated rings. The van der Waals surface area contributed by atoms with Crippen LogP contribution in [-0.2, 0) is 6.18 Å². The number of alkyl halides is 3.